The number of rotatable bonds is 8. The number of likely N-dealkylation sites (tertiary alicyclic amines) is 2. The molecule has 282 valence electrons. The van der Waals surface area contributed by atoms with Crippen LogP contribution >= 0.6 is 11.6 Å². The number of hydrogen-bond donors (Lipinski definition) is 4. The predicted octanol–water partition coefficient (Wildman–Crippen LogP) is 3.00. The van der Waals surface area contributed by atoms with Gasteiger partial charge in [0.1, 0.15) is 11.9 Å². The summed E-state index contributed by atoms with van der Waals surface area (Å²) in [7, 11) is 1.83. The van der Waals surface area contributed by atoms with Gasteiger partial charge in [-0.3, -0.25) is 39.9 Å². The number of imide groups is 1. The zero-order valence-electron chi connectivity index (χ0n) is 30.2. The number of imidazole rings is 1. The fraction of sp³-hybridized carbons (Fsp3) is 0.333. The number of anilines is 2. The summed E-state index contributed by atoms with van der Waals surface area (Å²) in [5, 5.41) is 5.86. The number of amides is 5. The molecule has 15 nitrogen and oxygen atoms in total. The van der Waals surface area contributed by atoms with Gasteiger partial charge in [-0.1, -0.05) is 29.8 Å². The number of urea groups is 1. The summed E-state index contributed by atoms with van der Waals surface area (Å²) in [6, 6.07) is 15.0. The molecule has 5 aliphatic heterocycles. The van der Waals surface area contributed by atoms with Crippen molar-refractivity contribution in [2.24, 2.45) is 11.1 Å². The van der Waals surface area contributed by atoms with Gasteiger partial charge in [0, 0.05) is 87.7 Å². The van der Waals surface area contributed by atoms with Crippen molar-refractivity contribution in [1.29, 1.82) is 0 Å². The molecular formula is C39H40ClN11O4. The SMILES string of the molecule is CNC1=CC(N2CCc3c(-c4ccc(CN5CC6(CCN(C(=O)c7ccc(Cl)c(N8CCC(=O)NC8=O)c7)C6)C5)cn4)cccc32)Nn2c(C(N)=O)cnc21. The van der Waals surface area contributed by atoms with Gasteiger partial charge < -0.3 is 20.9 Å². The summed E-state index contributed by atoms with van der Waals surface area (Å²) in [6.45, 7) is 4.91. The molecule has 3 fully saturated rings. The van der Waals surface area contributed by atoms with E-state index in [-0.39, 0.29) is 36.4 Å². The van der Waals surface area contributed by atoms with Crippen molar-refractivity contribution in [3.8, 4) is 11.3 Å². The lowest BCUT2D eigenvalue weighted by atomic mass is 9.79. The maximum absolute atomic E-state index is 13.6. The highest BCUT2D eigenvalue weighted by Crippen LogP contribution is 2.42. The molecule has 16 heteroatoms. The van der Waals surface area contributed by atoms with Crippen LogP contribution in [-0.4, -0.2) is 101 Å². The Bertz CT molecular complexity index is 2280. The standard InChI is InChI=1S/C39H40ClN11O4/c1-42-29-16-33(46-51-32(35(41)53)18-44-36(29)51)49-12-9-26-25(3-2-4-30(26)49)28-8-5-23(17-43-28)19-47-20-39(21-47)11-14-48(22-39)37(54)24-6-7-27(40)31(15-24)50-13-10-34(52)45-38(50)55/h2-8,15-18,33,42,46H,9-14,19-22H2,1H3,(H2,41,53)(H,45,52,55). The summed E-state index contributed by atoms with van der Waals surface area (Å²) in [6.07, 6.45) is 7.24. The molecular weight excluding hydrogens is 722 g/mol. The van der Waals surface area contributed by atoms with E-state index in [4.69, 9.17) is 22.3 Å². The first-order chi connectivity index (χ1) is 26.6. The molecule has 2 aromatic carbocycles. The molecule has 5 aliphatic rings. The number of carbonyl (C=O) groups is 4. The van der Waals surface area contributed by atoms with Crippen molar-refractivity contribution in [2.45, 2.75) is 32.0 Å². The van der Waals surface area contributed by atoms with Gasteiger partial charge in [0.15, 0.2) is 5.82 Å². The maximum atomic E-state index is 13.6. The van der Waals surface area contributed by atoms with E-state index in [0.717, 1.165) is 67.2 Å². The highest BCUT2D eigenvalue weighted by Gasteiger charge is 2.48. The molecule has 1 spiro atoms. The first kappa shape index (κ1) is 34.8. The number of pyridine rings is 1. The van der Waals surface area contributed by atoms with Crippen LogP contribution in [0.3, 0.4) is 0 Å². The van der Waals surface area contributed by atoms with Crippen LogP contribution in [0.4, 0.5) is 16.2 Å². The number of nitrogens with zero attached hydrogens (tertiary/aromatic N) is 7. The van der Waals surface area contributed by atoms with E-state index in [2.05, 4.69) is 67.3 Å². The molecule has 0 bridgehead atoms. The molecule has 5 amide bonds. The molecule has 3 saturated heterocycles. The summed E-state index contributed by atoms with van der Waals surface area (Å²) in [4.78, 5) is 67.1. The highest BCUT2D eigenvalue weighted by atomic mass is 35.5. The van der Waals surface area contributed by atoms with Crippen molar-refractivity contribution < 1.29 is 19.2 Å². The smallest absolute Gasteiger partial charge is 0.328 e. The second kappa shape index (κ2) is 13.4. The van der Waals surface area contributed by atoms with Crippen LogP contribution in [-0.2, 0) is 17.8 Å². The van der Waals surface area contributed by atoms with Crippen LogP contribution in [0.2, 0.25) is 5.02 Å². The fourth-order valence-electron chi connectivity index (χ4n) is 8.74. The average Bonchev–Trinajstić information content (AvgIpc) is 3.92. The van der Waals surface area contributed by atoms with E-state index in [0.29, 0.717) is 40.9 Å². The lowest BCUT2D eigenvalue weighted by molar-refractivity contribution is -0.120. The largest absolute Gasteiger partial charge is 0.385 e. The summed E-state index contributed by atoms with van der Waals surface area (Å²) in [5.74, 6) is -0.359. The summed E-state index contributed by atoms with van der Waals surface area (Å²) >= 11 is 6.42. The molecule has 0 aliphatic carbocycles. The minimum atomic E-state index is -0.551. The molecule has 7 heterocycles. The topological polar surface area (TPSA) is 174 Å². The number of nitrogens with two attached hydrogens (primary N) is 1. The molecule has 9 rings (SSSR count). The monoisotopic (exact) mass is 761 g/mol. The Hall–Kier alpha value is -5.93. The van der Waals surface area contributed by atoms with Crippen LogP contribution in [0.5, 0.6) is 0 Å². The number of benzene rings is 2. The van der Waals surface area contributed by atoms with Crippen LogP contribution < -0.4 is 31.6 Å². The third kappa shape index (κ3) is 6.12. The molecule has 0 saturated carbocycles. The number of nitrogens with one attached hydrogen (secondary N) is 3. The van der Waals surface area contributed by atoms with Gasteiger partial charge in [-0.15, -0.1) is 0 Å². The van der Waals surface area contributed by atoms with Crippen molar-refractivity contribution in [3.05, 3.63) is 100 Å². The van der Waals surface area contributed by atoms with Gasteiger partial charge in [-0.25, -0.2) is 14.5 Å². The highest BCUT2D eigenvalue weighted by molar-refractivity contribution is 6.34. The Kier molecular flexibility index (Phi) is 8.50. The van der Waals surface area contributed by atoms with E-state index in [9.17, 15) is 19.2 Å². The van der Waals surface area contributed by atoms with Crippen molar-refractivity contribution in [2.75, 3.05) is 61.5 Å². The molecule has 1 atom stereocenters. The Morgan fingerprint density at radius 1 is 1.00 bits per heavy atom. The number of primary amides is 1. The lowest BCUT2D eigenvalue weighted by Gasteiger charge is -2.48. The Morgan fingerprint density at radius 2 is 1.85 bits per heavy atom. The minimum absolute atomic E-state index is 0.0546. The van der Waals surface area contributed by atoms with Crippen LogP contribution in [0, 0.1) is 5.41 Å². The Morgan fingerprint density at radius 3 is 2.62 bits per heavy atom. The van der Waals surface area contributed by atoms with Crippen molar-refractivity contribution in [3.63, 3.8) is 0 Å². The third-order valence-corrected chi connectivity index (χ3v) is 11.7. The van der Waals surface area contributed by atoms with Gasteiger partial charge in [0.25, 0.3) is 11.8 Å². The normalized spacial score (nSPS) is 20.1. The van der Waals surface area contributed by atoms with Gasteiger partial charge >= 0.3 is 6.03 Å². The average molecular weight is 762 g/mol. The maximum Gasteiger partial charge on any atom is 0.328 e. The molecule has 2 aromatic heterocycles. The number of halogens is 1. The second-order valence-corrected chi connectivity index (χ2v) is 15.3. The van der Waals surface area contributed by atoms with Gasteiger partial charge in [-0.05, 0) is 60.4 Å². The second-order valence-electron chi connectivity index (χ2n) is 14.9. The van der Waals surface area contributed by atoms with E-state index < -0.39 is 11.9 Å². The number of aromatic nitrogens is 3. The summed E-state index contributed by atoms with van der Waals surface area (Å²) < 4.78 is 1.66. The summed E-state index contributed by atoms with van der Waals surface area (Å²) in [5.41, 5.74) is 16.6. The van der Waals surface area contributed by atoms with Crippen molar-refractivity contribution in [1.82, 2.24) is 35.1 Å². The molecule has 55 heavy (non-hydrogen) atoms. The predicted molar refractivity (Wildman–Crippen MR) is 207 cm³/mol. The number of carbonyl (C=O) groups excluding carboxylic acids is 4. The Balaban J connectivity index is 0.828. The van der Waals surface area contributed by atoms with Gasteiger partial charge in [-0.2, -0.15) is 0 Å². The third-order valence-electron chi connectivity index (χ3n) is 11.4. The molecule has 5 N–H and O–H groups in total. The fourth-order valence-corrected chi connectivity index (χ4v) is 8.96. The van der Waals surface area contributed by atoms with Gasteiger partial charge in [0.05, 0.1) is 28.3 Å². The van der Waals surface area contributed by atoms with Crippen LogP contribution in [0.25, 0.3) is 17.0 Å². The van der Waals surface area contributed by atoms with Crippen LogP contribution in [0.1, 0.15) is 50.6 Å². The molecule has 1 unspecified atom stereocenters. The first-order valence-corrected chi connectivity index (χ1v) is 18.8. The number of hydrogen-bond acceptors (Lipinski definition) is 10. The lowest BCUT2D eigenvalue weighted by Crippen LogP contribution is -2.57. The first-order valence-electron chi connectivity index (χ1n) is 18.4. The zero-order chi connectivity index (χ0) is 38.0. The quantitative estimate of drug-likeness (QED) is 0.209. The Labute approximate surface area is 322 Å². The van der Waals surface area contributed by atoms with Gasteiger partial charge in [0.2, 0.25) is 5.91 Å². The molecule has 4 aromatic rings. The van der Waals surface area contributed by atoms with E-state index in [1.807, 2.05) is 18.1 Å². The number of fused-ring (bicyclic) bond motifs is 2. The molecule has 0 radical (unpaired) electrons. The van der Waals surface area contributed by atoms with E-state index in [1.54, 1.807) is 22.9 Å². The zero-order valence-corrected chi connectivity index (χ0v) is 31.0. The van der Waals surface area contributed by atoms with Crippen LogP contribution in [0.15, 0.2) is 67.0 Å². The van der Waals surface area contributed by atoms with Crippen molar-refractivity contribution >= 4 is 52.4 Å². The van der Waals surface area contributed by atoms with E-state index >= 15 is 0 Å². The minimum Gasteiger partial charge on any atom is -0.385 e. The van der Waals surface area contributed by atoms with E-state index in [1.165, 1.54) is 16.7 Å².